The van der Waals surface area contributed by atoms with Gasteiger partial charge in [-0.3, -0.25) is 0 Å². The average molecular weight is 585 g/mol. The maximum atomic E-state index is 2.55. The Hall–Kier alpha value is -0.850. The molecule has 1 heterocycles. The second-order valence-electron chi connectivity index (χ2n) is 13.8. The van der Waals surface area contributed by atoms with Crippen molar-refractivity contribution in [3.8, 4) is 0 Å². The Morgan fingerprint density at radius 1 is 0.357 bits per heavy atom. The Labute approximate surface area is 266 Å². The van der Waals surface area contributed by atoms with Crippen LogP contribution in [0.4, 0.5) is 0 Å². The topological polar surface area (TPSA) is 3.88 Å². The lowest BCUT2D eigenvalue weighted by Crippen LogP contribution is -2.34. The number of nitrogens with zero attached hydrogens (tertiary/aromatic N) is 1. The van der Waals surface area contributed by atoms with Crippen molar-refractivity contribution in [3.63, 3.8) is 0 Å². The highest BCUT2D eigenvalue weighted by molar-refractivity contribution is 5.21. The van der Waals surface area contributed by atoms with Crippen molar-refractivity contribution in [2.24, 2.45) is 0 Å². The zero-order valence-corrected chi connectivity index (χ0v) is 29.5. The van der Waals surface area contributed by atoms with Crippen LogP contribution in [0.2, 0.25) is 0 Å². The van der Waals surface area contributed by atoms with E-state index >= 15 is 0 Å². The molecule has 0 N–H and O–H groups in total. The average Bonchev–Trinajstić information content (AvgIpc) is 3.00. The third-order valence-corrected chi connectivity index (χ3v) is 9.57. The molecule has 1 nitrogen and oxygen atoms in total. The highest BCUT2D eigenvalue weighted by Crippen LogP contribution is 2.18. The highest BCUT2D eigenvalue weighted by atomic mass is 14.9. The first-order valence-electron chi connectivity index (χ1n) is 19.8. The molecule has 0 fully saturated rings. The number of hydrogen-bond donors (Lipinski definition) is 0. The van der Waals surface area contributed by atoms with E-state index in [1.54, 1.807) is 11.1 Å². The van der Waals surface area contributed by atoms with E-state index in [-0.39, 0.29) is 0 Å². The van der Waals surface area contributed by atoms with Crippen molar-refractivity contribution in [1.29, 1.82) is 0 Å². The van der Waals surface area contributed by atoms with Crippen molar-refractivity contribution >= 4 is 0 Å². The minimum Gasteiger partial charge on any atom is -0.205 e. The standard InChI is InChI=1S/C41H78N/c1-4-7-10-13-16-19-20-21-22-23-24-27-30-33-37-42-38-36-40(34-31-28-25-17-14-11-8-5-2)41(39-42)35-32-29-26-18-15-12-9-6-3/h36,38-39H,4-35,37H2,1-3H3/q+1. The lowest BCUT2D eigenvalue weighted by molar-refractivity contribution is -0.697. The van der Waals surface area contributed by atoms with Gasteiger partial charge in [-0.05, 0) is 37.7 Å². The van der Waals surface area contributed by atoms with Crippen LogP contribution >= 0.6 is 0 Å². The highest BCUT2D eigenvalue weighted by Gasteiger charge is 2.10. The molecule has 0 saturated heterocycles. The van der Waals surface area contributed by atoms with Crippen LogP contribution in [0.3, 0.4) is 0 Å². The van der Waals surface area contributed by atoms with Gasteiger partial charge in [-0.1, -0.05) is 188 Å². The normalized spacial score (nSPS) is 11.5. The molecular weight excluding hydrogens is 506 g/mol. The summed E-state index contributed by atoms with van der Waals surface area (Å²) in [6.07, 6.45) is 50.4. The molecule has 0 saturated carbocycles. The van der Waals surface area contributed by atoms with Gasteiger partial charge in [-0.15, -0.1) is 0 Å². The van der Waals surface area contributed by atoms with Crippen LogP contribution in [0.1, 0.15) is 225 Å². The predicted octanol–water partition coefficient (Wildman–Crippen LogP) is 13.8. The molecule has 1 rings (SSSR count). The minimum atomic E-state index is 1.21. The minimum absolute atomic E-state index is 1.21. The largest absolute Gasteiger partial charge is 0.205 e. The number of rotatable bonds is 33. The summed E-state index contributed by atoms with van der Waals surface area (Å²) < 4.78 is 2.53. The second-order valence-corrected chi connectivity index (χ2v) is 13.8. The van der Waals surface area contributed by atoms with Crippen molar-refractivity contribution in [2.45, 2.75) is 233 Å². The number of hydrogen-bond acceptors (Lipinski definition) is 0. The van der Waals surface area contributed by atoms with Crippen LogP contribution < -0.4 is 4.57 Å². The molecule has 0 bridgehead atoms. The Kier molecular flexibility index (Phi) is 29.4. The van der Waals surface area contributed by atoms with Gasteiger partial charge < -0.3 is 0 Å². The van der Waals surface area contributed by atoms with Crippen molar-refractivity contribution in [3.05, 3.63) is 29.6 Å². The molecule has 0 atom stereocenters. The van der Waals surface area contributed by atoms with Crippen LogP contribution in [0.15, 0.2) is 18.5 Å². The van der Waals surface area contributed by atoms with Crippen LogP contribution in [0.25, 0.3) is 0 Å². The Morgan fingerprint density at radius 3 is 1.05 bits per heavy atom. The molecule has 0 spiro atoms. The summed E-state index contributed by atoms with van der Waals surface area (Å²) >= 11 is 0. The van der Waals surface area contributed by atoms with Crippen LogP contribution in [0.5, 0.6) is 0 Å². The fourth-order valence-electron chi connectivity index (χ4n) is 6.61. The number of unbranched alkanes of at least 4 members (excludes halogenated alkanes) is 27. The molecule has 0 amide bonds. The molecule has 42 heavy (non-hydrogen) atoms. The van der Waals surface area contributed by atoms with Crippen molar-refractivity contribution < 1.29 is 4.57 Å². The molecule has 0 radical (unpaired) electrons. The Bertz CT molecular complexity index is 665. The van der Waals surface area contributed by atoms with Gasteiger partial charge in [0.25, 0.3) is 0 Å². The summed E-state index contributed by atoms with van der Waals surface area (Å²) in [4.78, 5) is 0. The first-order chi connectivity index (χ1) is 20.8. The van der Waals surface area contributed by atoms with Crippen LogP contribution in [-0.4, -0.2) is 0 Å². The second kappa shape index (κ2) is 31.6. The molecule has 1 aromatic heterocycles. The molecule has 0 aliphatic carbocycles. The smallest absolute Gasteiger partial charge is 0.172 e. The van der Waals surface area contributed by atoms with Crippen molar-refractivity contribution in [2.75, 3.05) is 0 Å². The van der Waals surface area contributed by atoms with E-state index in [1.165, 1.54) is 212 Å². The summed E-state index contributed by atoms with van der Waals surface area (Å²) in [6, 6.07) is 2.49. The molecule has 246 valence electrons. The van der Waals surface area contributed by atoms with E-state index in [0.29, 0.717) is 0 Å². The molecule has 0 aliphatic rings. The van der Waals surface area contributed by atoms with Gasteiger partial charge >= 0.3 is 0 Å². The number of pyridine rings is 1. The predicted molar refractivity (Wildman–Crippen MR) is 190 cm³/mol. The summed E-state index contributed by atoms with van der Waals surface area (Å²) in [5, 5.41) is 0. The fraction of sp³-hybridized carbons (Fsp3) is 0.878. The lowest BCUT2D eigenvalue weighted by Gasteiger charge is -2.10. The van der Waals surface area contributed by atoms with E-state index < -0.39 is 0 Å². The Balaban J connectivity index is 2.29. The van der Waals surface area contributed by atoms with Gasteiger partial charge in [-0.2, -0.15) is 0 Å². The van der Waals surface area contributed by atoms with Gasteiger partial charge in [0.05, 0.1) is 0 Å². The first-order valence-corrected chi connectivity index (χ1v) is 19.8. The van der Waals surface area contributed by atoms with Crippen LogP contribution in [0, 0.1) is 0 Å². The lowest BCUT2D eigenvalue weighted by atomic mass is 9.97. The molecule has 1 heteroatoms. The van der Waals surface area contributed by atoms with Gasteiger partial charge in [0.1, 0.15) is 6.54 Å². The molecular formula is C41H78N+. The quantitative estimate of drug-likeness (QED) is 0.0571. The van der Waals surface area contributed by atoms with Gasteiger partial charge in [0.15, 0.2) is 12.4 Å². The van der Waals surface area contributed by atoms with Gasteiger partial charge in [0, 0.05) is 18.1 Å². The number of aryl methyl sites for hydroxylation is 3. The molecule has 0 unspecified atom stereocenters. The maximum Gasteiger partial charge on any atom is 0.172 e. The zero-order valence-electron chi connectivity index (χ0n) is 29.5. The molecule has 0 aliphatic heterocycles. The fourth-order valence-corrected chi connectivity index (χ4v) is 6.61. The van der Waals surface area contributed by atoms with Gasteiger partial charge in [0.2, 0.25) is 0 Å². The summed E-state index contributed by atoms with van der Waals surface area (Å²) in [6.45, 7) is 8.15. The van der Waals surface area contributed by atoms with E-state index in [9.17, 15) is 0 Å². The summed E-state index contributed by atoms with van der Waals surface area (Å²) in [5.74, 6) is 0. The first kappa shape index (κ1) is 39.2. The summed E-state index contributed by atoms with van der Waals surface area (Å²) in [7, 11) is 0. The monoisotopic (exact) mass is 585 g/mol. The van der Waals surface area contributed by atoms with Crippen molar-refractivity contribution in [1.82, 2.24) is 0 Å². The Morgan fingerprint density at radius 2 is 0.667 bits per heavy atom. The van der Waals surface area contributed by atoms with E-state index in [4.69, 9.17) is 0 Å². The van der Waals surface area contributed by atoms with E-state index in [1.807, 2.05) is 0 Å². The van der Waals surface area contributed by atoms with E-state index in [2.05, 4.69) is 43.8 Å². The maximum absolute atomic E-state index is 2.55. The van der Waals surface area contributed by atoms with Crippen LogP contribution in [-0.2, 0) is 19.4 Å². The van der Waals surface area contributed by atoms with Gasteiger partial charge in [-0.25, -0.2) is 4.57 Å². The van der Waals surface area contributed by atoms with E-state index in [0.717, 1.165) is 0 Å². The number of aromatic nitrogens is 1. The molecule has 0 aromatic carbocycles. The third-order valence-electron chi connectivity index (χ3n) is 9.57. The third kappa shape index (κ3) is 24.6. The zero-order chi connectivity index (χ0) is 30.2. The molecule has 1 aromatic rings. The SMILES string of the molecule is CCCCCCCCCCCCCCCC[n+]1ccc(CCCCCCCCCC)c(CCCCCCCCCC)c1. The summed E-state index contributed by atoms with van der Waals surface area (Å²) in [5.41, 5.74) is 3.32.